The molecule has 0 spiro atoms. The topological polar surface area (TPSA) is 35.8 Å². The van der Waals surface area contributed by atoms with Crippen molar-refractivity contribution in [2.24, 2.45) is 5.92 Å². The number of benzene rings is 1. The fourth-order valence-electron chi connectivity index (χ4n) is 1.88. The van der Waals surface area contributed by atoms with E-state index < -0.39 is 0 Å². The summed E-state index contributed by atoms with van der Waals surface area (Å²) in [6.07, 6.45) is 1.67. The zero-order valence-electron chi connectivity index (χ0n) is 11.0. The summed E-state index contributed by atoms with van der Waals surface area (Å²) in [6, 6.07) is 13.1. The molecule has 17 heavy (non-hydrogen) atoms. The van der Waals surface area contributed by atoms with Crippen molar-refractivity contribution in [2.45, 2.75) is 45.7 Å². The average molecular weight is 230 g/mol. The van der Waals surface area contributed by atoms with Crippen molar-refractivity contribution in [2.75, 3.05) is 0 Å². The largest absolute Gasteiger partial charge is 0.306 e. The monoisotopic (exact) mass is 230 g/mol. The standard InChI is InChI=1S/C15H22N2/c1-4-12(2)13(3)17-15(10-11-16)14-8-6-5-7-9-14/h5-9,12-13,15,17H,4,10H2,1-3H3. The normalized spacial score (nSPS) is 15.9. The van der Waals surface area contributed by atoms with Gasteiger partial charge in [0.05, 0.1) is 12.5 Å². The molecule has 0 amide bonds. The van der Waals surface area contributed by atoms with Crippen LogP contribution in [0.4, 0.5) is 0 Å². The Morgan fingerprint density at radius 2 is 1.88 bits per heavy atom. The Kier molecular flexibility index (Phi) is 5.72. The van der Waals surface area contributed by atoms with E-state index in [0.29, 0.717) is 18.4 Å². The van der Waals surface area contributed by atoms with Crippen LogP contribution in [0.15, 0.2) is 30.3 Å². The highest BCUT2D eigenvalue weighted by Gasteiger charge is 2.16. The van der Waals surface area contributed by atoms with Crippen LogP contribution in [0.2, 0.25) is 0 Å². The maximum atomic E-state index is 8.92. The van der Waals surface area contributed by atoms with E-state index in [0.717, 1.165) is 6.42 Å². The van der Waals surface area contributed by atoms with Gasteiger partial charge in [0.15, 0.2) is 0 Å². The Morgan fingerprint density at radius 3 is 2.41 bits per heavy atom. The maximum absolute atomic E-state index is 8.92. The average Bonchev–Trinajstić information content (AvgIpc) is 2.38. The van der Waals surface area contributed by atoms with Crippen LogP contribution in [-0.4, -0.2) is 6.04 Å². The van der Waals surface area contributed by atoms with Gasteiger partial charge in [0.25, 0.3) is 0 Å². The maximum Gasteiger partial charge on any atom is 0.0641 e. The number of nitrogens with zero attached hydrogens (tertiary/aromatic N) is 1. The van der Waals surface area contributed by atoms with E-state index in [9.17, 15) is 0 Å². The van der Waals surface area contributed by atoms with Crippen molar-refractivity contribution in [1.82, 2.24) is 5.32 Å². The molecule has 0 saturated carbocycles. The van der Waals surface area contributed by atoms with Gasteiger partial charge in [-0.1, -0.05) is 50.6 Å². The first kappa shape index (κ1) is 13.7. The molecule has 0 aliphatic heterocycles. The Bertz CT molecular complexity index is 353. The summed E-state index contributed by atoms with van der Waals surface area (Å²) in [6.45, 7) is 6.64. The molecule has 1 aromatic carbocycles. The first-order chi connectivity index (χ1) is 8.19. The SMILES string of the molecule is CCC(C)C(C)NC(CC#N)c1ccccc1. The van der Waals surface area contributed by atoms with Crippen LogP contribution in [0, 0.1) is 17.2 Å². The van der Waals surface area contributed by atoms with Crippen molar-refractivity contribution in [3.8, 4) is 6.07 Å². The van der Waals surface area contributed by atoms with Crippen LogP contribution in [-0.2, 0) is 0 Å². The predicted molar refractivity (Wildman–Crippen MR) is 71.5 cm³/mol. The summed E-state index contributed by atoms with van der Waals surface area (Å²) in [5.74, 6) is 0.625. The molecule has 3 atom stereocenters. The summed E-state index contributed by atoms with van der Waals surface area (Å²) < 4.78 is 0. The van der Waals surface area contributed by atoms with Crippen molar-refractivity contribution < 1.29 is 0 Å². The molecule has 0 aromatic heterocycles. The first-order valence-corrected chi connectivity index (χ1v) is 6.37. The van der Waals surface area contributed by atoms with Gasteiger partial charge in [-0.25, -0.2) is 0 Å². The second-order valence-corrected chi connectivity index (χ2v) is 4.67. The minimum absolute atomic E-state index is 0.144. The third-order valence-electron chi connectivity index (χ3n) is 3.46. The molecule has 2 nitrogen and oxygen atoms in total. The molecule has 0 heterocycles. The van der Waals surface area contributed by atoms with Gasteiger partial charge in [-0.3, -0.25) is 0 Å². The highest BCUT2D eigenvalue weighted by atomic mass is 14.9. The lowest BCUT2D eigenvalue weighted by Crippen LogP contribution is -2.35. The Labute approximate surface area is 105 Å². The van der Waals surface area contributed by atoms with Crippen LogP contribution >= 0.6 is 0 Å². The molecule has 92 valence electrons. The molecular formula is C15H22N2. The van der Waals surface area contributed by atoms with Crippen molar-refractivity contribution in [3.63, 3.8) is 0 Å². The zero-order valence-corrected chi connectivity index (χ0v) is 11.0. The summed E-state index contributed by atoms with van der Waals surface area (Å²) in [5.41, 5.74) is 1.20. The second-order valence-electron chi connectivity index (χ2n) is 4.67. The minimum atomic E-state index is 0.144. The minimum Gasteiger partial charge on any atom is -0.306 e. The number of nitrogens with one attached hydrogen (secondary N) is 1. The number of rotatable bonds is 6. The zero-order chi connectivity index (χ0) is 12.7. The van der Waals surface area contributed by atoms with E-state index >= 15 is 0 Å². The lowest BCUT2D eigenvalue weighted by molar-refractivity contribution is 0.352. The quantitative estimate of drug-likeness (QED) is 0.809. The second kappa shape index (κ2) is 7.09. The molecule has 0 bridgehead atoms. The van der Waals surface area contributed by atoms with Crippen molar-refractivity contribution >= 4 is 0 Å². The third kappa shape index (κ3) is 4.20. The van der Waals surface area contributed by atoms with Crippen LogP contribution in [0.3, 0.4) is 0 Å². The van der Waals surface area contributed by atoms with Crippen LogP contribution < -0.4 is 5.32 Å². The van der Waals surface area contributed by atoms with Crippen LogP contribution in [0.5, 0.6) is 0 Å². The van der Waals surface area contributed by atoms with Gasteiger partial charge in [0, 0.05) is 12.1 Å². The smallest absolute Gasteiger partial charge is 0.0641 e. The van der Waals surface area contributed by atoms with Gasteiger partial charge in [0.2, 0.25) is 0 Å². The van der Waals surface area contributed by atoms with E-state index in [-0.39, 0.29) is 6.04 Å². The molecule has 2 heteroatoms. The summed E-state index contributed by atoms with van der Waals surface area (Å²) in [5, 5.41) is 12.5. The number of hydrogen-bond acceptors (Lipinski definition) is 2. The summed E-state index contributed by atoms with van der Waals surface area (Å²) in [4.78, 5) is 0. The van der Waals surface area contributed by atoms with Gasteiger partial charge in [0.1, 0.15) is 0 Å². The van der Waals surface area contributed by atoms with Gasteiger partial charge < -0.3 is 5.32 Å². The van der Waals surface area contributed by atoms with E-state index in [2.05, 4.69) is 44.3 Å². The number of hydrogen-bond donors (Lipinski definition) is 1. The first-order valence-electron chi connectivity index (χ1n) is 6.37. The summed E-state index contributed by atoms with van der Waals surface area (Å²) >= 11 is 0. The van der Waals surface area contributed by atoms with Crippen molar-refractivity contribution in [1.29, 1.82) is 5.26 Å². The Balaban J connectivity index is 2.71. The highest BCUT2D eigenvalue weighted by molar-refractivity contribution is 5.20. The molecular weight excluding hydrogens is 208 g/mol. The molecule has 0 fully saturated rings. The molecule has 0 saturated heterocycles. The third-order valence-corrected chi connectivity index (χ3v) is 3.46. The molecule has 1 N–H and O–H groups in total. The highest BCUT2D eigenvalue weighted by Crippen LogP contribution is 2.19. The Morgan fingerprint density at radius 1 is 1.24 bits per heavy atom. The van der Waals surface area contributed by atoms with Gasteiger partial charge >= 0.3 is 0 Å². The van der Waals surface area contributed by atoms with Crippen LogP contribution in [0.1, 0.15) is 45.2 Å². The van der Waals surface area contributed by atoms with E-state index in [1.807, 2.05) is 18.2 Å². The number of nitriles is 1. The predicted octanol–water partition coefficient (Wildman–Crippen LogP) is 3.67. The van der Waals surface area contributed by atoms with E-state index in [4.69, 9.17) is 5.26 Å². The molecule has 1 aromatic rings. The molecule has 0 aliphatic rings. The fourth-order valence-corrected chi connectivity index (χ4v) is 1.88. The Hall–Kier alpha value is -1.33. The van der Waals surface area contributed by atoms with Gasteiger partial charge in [-0.15, -0.1) is 0 Å². The van der Waals surface area contributed by atoms with Crippen LogP contribution in [0.25, 0.3) is 0 Å². The van der Waals surface area contributed by atoms with Crippen molar-refractivity contribution in [3.05, 3.63) is 35.9 Å². The molecule has 3 unspecified atom stereocenters. The van der Waals surface area contributed by atoms with E-state index in [1.54, 1.807) is 0 Å². The van der Waals surface area contributed by atoms with Gasteiger partial charge in [-0.2, -0.15) is 5.26 Å². The molecule has 1 rings (SSSR count). The molecule has 0 radical (unpaired) electrons. The van der Waals surface area contributed by atoms with Gasteiger partial charge in [-0.05, 0) is 18.4 Å². The lowest BCUT2D eigenvalue weighted by Gasteiger charge is -2.25. The molecule has 0 aliphatic carbocycles. The fraction of sp³-hybridized carbons (Fsp3) is 0.533. The van der Waals surface area contributed by atoms with E-state index in [1.165, 1.54) is 5.56 Å². The summed E-state index contributed by atoms with van der Waals surface area (Å²) in [7, 11) is 0. The lowest BCUT2D eigenvalue weighted by atomic mass is 9.97.